The number of rotatable bonds is 6. The monoisotopic (exact) mass is 370 g/mol. The van der Waals surface area contributed by atoms with Crippen molar-refractivity contribution in [1.29, 1.82) is 0 Å². The van der Waals surface area contributed by atoms with Crippen molar-refractivity contribution < 1.29 is 9.47 Å². The van der Waals surface area contributed by atoms with Gasteiger partial charge >= 0.3 is 0 Å². The number of methoxy groups -OCH3 is 1. The molecule has 0 aliphatic carbocycles. The van der Waals surface area contributed by atoms with E-state index in [1.165, 1.54) is 4.68 Å². The predicted octanol–water partition coefficient (Wildman–Crippen LogP) is 3.90. The highest BCUT2D eigenvalue weighted by molar-refractivity contribution is 6.31. The number of anilines is 1. The molecule has 0 spiro atoms. The van der Waals surface area contributed by atoms with E-state index in [2.05, 4.69) is 10.1 Å². The normalized spacial score (nSPS) is 11.0. The molecule has 7 heteroatoms. The Labute approximate surface area is 156 Å². The van der Waals surface area contributed by atoms with Gasteiger partial charge in [-0.1, -0.05) is 29.8 Å². The van der Waals surface area contributed by atoms with Crippen LogP contribution in [0.3, 0.4) is 0 Å². The van der Waals surface area contributed by atoms with E-state index in [-0.39, 0.29) is 0 Å². The second-order valence-corrected chi connectivity index (χ2v) is 6.03. The topological polar surface area (TPSA) is 74.7 Å². The number of ether oxygens (including phenoxy) is 2. The smallest absolute Gasteiger partial charge is 0.221 e. The Bertz CT molecular complexity index is 937. The molecule has 1 aromatic heterocycles. The molecule has 3 rings (SSSR count). The van der Waals surface area contributed by atoms with Crippen LogP contribution in [0.2, 0.25) is 5.02 Å². The van der Waals surface area contributed by atoms with Crippen LogP contribution in [0.15, 0.2) is 53.8 Å². The minimum Gasteiger partial charge on any atom is -0.493 e. The fraction of sp³-hybridized carbons (Fsp3) is 0.158. The van der Waals surface area contributed by atoms with E-state index in [1.807, 2.05) is 49.4 Å². The molecule has 0 fully saturated rings. The lowest BCUT2D eigenvalue weighted by Crippen LogP contribution is -2.00. The van der Waals surface area contributed by atoms with Crippen molar-refractivity contribution in [3.63, 3.8) is 0 Å². The van der Waals surface area contributed by atoms with Gasteiger partial charge in [0.2, 0.25) is 5.95 Å². The summed E-state index contributed by atoms with van der Waals surface area (Å²) in [5, 5.41) is 4.97. The molecule has 0 aliphatic heterocycles. The van der Waals surface area contributed by atoms with Crippen LogP contribution in [0.1, 0.15) is 16.8 Å². The number of aryl methyl sites for hydroxylation is 1. The molecular formula is C19H19ClN4O2. The summed E-state index contributed by atoms with van der Waals surface area (Å²) in [7, 11) is 1.59. The highest BCUT2D eigenvalue weighted by Crippen LogP contribution is 2.29. The second-order valence-electron chi connectivity index (χ2n) is 5.62. The summed E-state index contributed by atoms with van der Waals surface area (Å²) >= 11 is 6.16. The van der Waals surface area contributed by atoms with Crippen LogP contribution >= 0.6 is 11.6 Å². The number of benzene rings is 2. The molecule has 0 amide bonds. The molecule has 26 heavy (non-hydrogen) atoms. The molecular weight excluding hydrogens is 352 g/mol. The number of halogens is 1. The quantitative estimate of drug-likeness (QED) is 0.668. The van der Waals surface area contributed by atoms with Crippen molar-refractivity contribution >= 4 is 23.8 Å². The van der Waals surface area contributed by atoms with E-state index in [0.717, 1.165) is 16.8 Å². The van der Waals surface area contributed by atoms with Crippen LogP contribution in [0, 0.1) is 6.92 Å². The summed E-state index contributed by atoms with van der Waals surface area (Å²) < 4.78 is 12.8. The fourth-order valence-corrected chi connectivity index (χ4v) is 2.57. The van der Waals surface area contributed by atoms with Crippen molar-refractivity contribution in [3.8, 4) is 11.5 Å². The zero-order valence-electron chi connectivity index (χ0n) is 14.5. The average molecular weight is 371 g/mol. The number of hydrogen-bond donors (Lipinski definition) is 1. The molecule has 0 radical (unpaired) electrons. The van der Waals surface area contributed by atoms with Gasteiger partial charge in [0.1, 0.15) is 6.61 Å². The summed E-state index contributed by atoms with van der Waals surface area (Å²) in [4.78, 5) is 4.10. The third kappa shape index (κ3) is 4.15. The zero-order chi connectivity index (χ0) is 18.5. The molecule has 0 saturated heterocycles. The van der Waals surface area contributed by atoms with Gasteiger partial charge < -0.3 is 15.2 Å². The molecule has 0 saturated carbocycles. The highest BCUT2D eigenvalue weighted by Gasteiger charge is 2.07. The van der Waals surface area contributed by atoms with E-state index in [9.17, 15) is 0 Å². The largest absolute Gasteiger partial charge is 0.493 e. The van der Waals surface area contributed by atoms with Crippen LogP contribution in [0.5, 0.6) is 11.5 Å². The Kier molecular flexibility index (Phi) is 5.43. The van der Waals surface area contributed by atoms with Crippen molar-refractivity contribution in [2.24, 2.45) is 5.10 Å². The van der Waals surface area contributed by atoms with Gasteiger partial charge in [-0.3, -0.25) is 0 Å². The Hall–Kier alpha value is -2.99. The van der Waals surface area contributed by atoms with Gasteiger partial charge in [-0.2, -0.15) is 5.10 Å². The van der Waals surface area contributed by atoms with Gasteiger partial charge in [-0.15, -0.1) is 0 Å². The number of aromatic nitrogens is 2. The van der Waals surface area contributed by atoms with Crippen molar-refractivity contribution in [3.05, 3.63) is 70.5 Å². The molecule has 0 atom stereocenters. The number of nitrogens with zero attached hydrogens (tertiary/aromatic N) is 3. The first-order valence-electron chi connectivity index (χ1n) is 7.97. The highest BCUT2D eigenvalue weighted by atomic mass is 35.5. The number of imidazole rings is 1. The molecule has 134 valence electrons. The molecule has 0 bridgehead atoms. The summed E-state index contributed by atoms with van der Waals surface area (Å²) in [6.45, 7) is 2.21. The lowest BCUT2D eigenvalue weighted by atomic mass is 10.2. The zero-order valence-corrected chi connectivity index (χ0v) is 15.3. The minimum atomic E-state index is 0.338. The second kappa shape index (κ2) is 7.93. The van der Waals surface area contributed by atoms with Gasteiger partial charge in [-0.25, -0.2) is 9.66 Å². The first-order valence-corrected chi connectivity index (χ1v) is 8.34. The van der Waals surface area contributed by atoms with E-state index in [1.54, 1.807) is 19.5 Å². The maximum absolute atomic E-state index is 6.16. The summed E-state index contributed by atoms with van der Waals surface area (Å²) in [5.41, 5.74) is 8.34. The standard InChI is InChI=1S/C19H19ClN4O2/c1-13-11-24(19(21)23-13)22-10-14-7-8-17(18(9-14)25-2)26-12-15-5-3-4-6-16(15)20/h3-11H,12H2,1-2H3,(H2,21,23). The maximum Gasteiger partial charge on any atom is 0.221 e. The summed E-state index contributed by atoms with van der Waals surface area (Å²) in [6.07, 6.45) is 3.43. The number of nitrogens with two attached hydrogens (primary N) is 1. The van der Waals surface area contributed by atoms with Gasteiger partial charge in [0, 0.05) is 10.6 Å². The van der Waals surface area contributed by atoms with Crippen LogP contribution in [0.4, 0.5) is 5.95 Å². The maximum atomic E-state index is 6.16. The number of nitrogen functional groups attached to an aromatic ring is 1. The minimum absolute atomic E-state index is 0.338. The van der Waals surface area contributed by atoms with Crippen molar-refractivity contribution in [1.82, 2.24) is 9.66 Å². The lowest BCUT2D eigenvalue weighted by Gasteiger charge is -2.12. The summed E-state index contributed by atoms with van der Waals surface area (Å²) in [5.74, 6) is 1.57. The first kappa shape index (κ1) is 17.8. The molecule has 0 aliphatic rings. The van der Waals surface area contributed by atoms with E-state index >= 15 is 0 Å². The van der Waals surface area contributed by atoms with Crippen LogP contribution in [-0.2, 0) is 6.61 Å². The molecule has 3 aromatic rings. The molecule has 6 nitrogen and oxygen atoms in total. The SMILES string of the molecule is COc1cc(C=Nn2cc(C)nc2N)ccc1OCc1ccccc1Cl. The Morgan fingerprint density at radius 1 is 1.23 bits per heavy atom. The van der Waals surface area contributed by atoms with E-state index in [0.29, 0.717) is 29.1 Å². The third-order valence-electron chi connectivity index (χ3n) is 3.69. The molecule has 0 unspecified atom stereocenters. The third-order valence-corrected chi connectivity index (χ3v) is 4.06. The molecule has 2 aromatic carbocycles. The van der Waals surface area contributed by atoms with Gasteiger partial charge in [0.05, 0.1) is 25.2 Å². The molecule has 2 N–H and O–H groups in total. The van der Waals surface area contributed by atoms with Crippen LogP contribution in [0.25, 0.3) is 0 Å². The van der Waals surface area contributed by atoms with Crippen LogP contribution < -0.4 is 15.2 Å². The van der Waals surface area contributed by atoms with Crippen molar-refractivity contribution in [2.45, 2.75) is 13.5 Å². The van der Waals surface area contributed by atoms with E-state index < -0.39 is 0 Å². The van der Waals surface area contributed by atoms with E-state index in [4.69, 9.17) is 26.8 Å². The van der Waals surface area contributed by atoms with Crippen molar-refractivity contribution in [2.75, 3.05) is 12.8 Å². The van der Waals surface area contributed by atoms with Gasteiger partial charge in [-0.05, 0) is 36.8 Å². The summed E-state index contributed by atoms with van der Waals surface area (Å²) in [6, 6.07) is 13.1. The Morgan fingerprint density at radius 2 is 2.04 bits per heavy atom. The Morgan fingerprint density at radius 3 is 2.73 bits per heavy atom. The van der Waals surface area contributed by atoms with Gasteiger partial charge in [0.15, 0.2) is 11.5 Å². The average Bonchev–Trinajstić information content (AvgIpc) is 2.97. The first-order chi connectivity index (χ1) is 12.6. The van der Waals surface area contributed by atoms with Gasteiger partial charge in [0.25, 0.3) is 0 Å². The predicted molar refractivity (Wildman–Crippen MR) is 103 cm³/mol. The molecule has 1 heterocycles. The lowest BCUT2D eigenvalue weighted by molar-refractivity contribution is 0.284. The number of hydrogen-bond acceptors (Lipinski definition) is 5. The Balaban J connectivity index is 1.75. The van der Waals surface area contributed by atoms with Crippen LogP contribution in [-0.4, -0.2) is 23.0 Å². The fourth-order valence-electron chi connectivity index (χ4n) is 2.38.